The largest absolute Gasteiger partial charge is 0.398 e. The minimum atomic E-state index is 0.701. The van der Waals surface area contributed by atoms with Crippen molar-refractivity contribution in [3.05, 3.63) is 77.6 Å². The van der Waals surface area contributed by atoms with Crippen molar-refractivity contribution < 1.29 is 0 Å². The van der Waals surface area contributed by atoms with Crippen molar-refractivity contribution in [3.63, 3.8) is 0 Å². The zero-order chi connectivity index (χ0) is 15.4. The van der Waals surface area contributed by atoms with Crippen molar-refractivity contribution in [2.75, 3.05) is 5.73 Å². The van der Waals surface area contributed by atoms with Crippen LogP contribution in [0.1, 0.15) is 16.8 Å². The molecule has 3 nitrogen and oxygen atoms in total. The lowest BCUT2D eigenvalue weighted by atomic mass is 10.1. The summed E-state index contributed by atoms with van der Waals surface area (Å²) in [6.45, 7) is 2.05. The van der Waals surface area contributed by atoms with Crippen LogP contribution in [-0.2, 0) is 12.8 Å². The molecule has 2 N–H and O–H groups in total. The molecule has 0 bridgehead atoms. The summed E-state index contributed by atoms with van der Waals surface area (Å²) in [7, 11) is 0. The summed E-state index contributed by atoms with van der Waals surface area (Å²) in [6, 6.07) is 18.2. The van der Waals surface area contributed by atoms with Crippen LogP contribution in [0.5, 0.6) is 0 Å². The van der Waals surface area contributed by atoms with Gasteiger partial charge in [0.25, 0.3) is 0 Å². The highest BCUT2D eigenvalue weighted by Gasteiger charge is 2.08. The number of rotatable bonds is 4. The maximum atomic E-state index is 6.03. The Bertz CT molecular complexity index is 767. The first-order valence-electron chi connectivity index (χ1n) is 7.45. The van der Waals surface area contributed by atoms with Crippen molar-refractivity contribution in [3.8, 4) is 11.4 Å². The molecule has 3 aromatic rings. The van der Waals surface area contributed by atoms with Gasteiger partial charge in [0.2, 0.25) is 0 Å². The summed E-state index contributed by atoms with van der Waals surface area (Å²) >= 11 is 0. The zero-order valence-electron chi connectivity index (χ0n) is 12.7. The maximum Gasteiger partial charge on any atom is 0.161 e. The van der Waals surface area contributed by atoms with Gasteiger partial charge in [-0.1, -0.05) is 42.5 Å². The van der Waals surface area contributed by atoms with E-state index in [0.717, 1.165) is 29.7 Å². The second-order valence-corrected chi connectivity index (χ2v) is 5.40. The molecule has 0 aliphatic carbocycles. The molecule has 0 fully saturated rings. The van der Waals surface area contributed by atoms with Gasteiger partial charge in [-0.25, -0.2) is 9.97 Å². The fourth-order valence-corrected chi connectivity index (χ4v) is 2.47. The van der Waals surface area contributed by atoms with E-state index in [1.54, 1.807) is 0 Å². The molecule has 0 saturated carbocycles. The van der Waals surface area contributed by atoms with Crippen LogP contribution in [0.15, 0.2) is 60.8 Å². The van der Waals surface area contributed by atoms with Crippen LogP contribution in [0.4, 0.5) is 5.69 Å². The molecule has 0 spiro atoms. The highest BCUT2D eigenvalue weighted by Crippen LogP contribution is 2.23. The van der Waals surface area contributed by atoms with E-state index in [2.05, 4.69) is 36.2 Å². The van der Waals surface area contributed by atoms with E-state index < -0.39 is 0 Å². The van der Waals surface area contributed by atoms with Crippen molar-refractivity contribution in [1.29, 1.82) is 0 Å². The summed E-state index contributed by atoms with van der Waals surface area (Å²) in [5, 5.41) is 0. The molecule has 22 heavy (non-hydrogen) atoms. The first kappa shape index (κ1) is 14.3. The normalized spacial score (nSPS) is 10.6. The molecule has 0 unspecified atom stereocenters. The monoisotopic (exact) mass is 289 g/mol. The standard InChI is InChI=1S/C19H19N3/c1-14-13-21-19(16-9-5-6-10-17(16)20)22-18(14)12-11-15-7-3-2-4-8-15/h2-10,13H,11-12,20H2,1H3. The quantitative estimate of drug-likeness (QED) is 0.743. The molecule has 0 atom stereocenters. The van der Waals surface area contributed by atoms with Gasteiger partial charge in [0.05, 0.1) is 0 Å². The topological polar surface area (TPSA) is 51.8 Å². The molecule has 3 rings (SSSR count). The number of hydrogen-bond acceptors (Lipinski definition) is 3. The van der Waals surface area contributed by atoms with E-state index in [1.165, 1.54) is 5.56 Å². The number of anilines is 1. The van der Waals surface area contributed by atoms with Crippen LogP contribution in [0.2, 0.25) is 0 Å². The summed E-state index contributed by atoms with van der Waals surface area (Å²) < 4.78 is 0. The Morgan fingerprint density at radius 3 is 2.41 bits per heavy atom. The van der Waals surface area contributed by atoms with Crippen LogP contribution in [0, 0.1) is 6.92 Å². The van der Waals surface area contributed by atoms with Gasteiger partial charge < -0.3 is 5.73 Å². The number of nitrogens with zero attached hydrogens (tertiary/aromatic N) is 2. The Hall–Kier alpha value is -2.68. The minimum Gasteiger partial charge on any atom is -0.398 e. The fraction of sp³-hybridized carbons (Fsp3) is 0.158. The summed E-state index contributed by atoms with van der Waals surface area (Å²) in [5.41, 5.74) is 11.1. The highest BCUT2D eigenvalue weighted by molar-refractivity contribution is 5.71. The highest BCUT2D eigenvalue weighted by atomic mass is 14.9. The molecule has 3 heteroatoms. The van der Waals surface area contributed by atoms with E-state index in [-0.39, 0.29) is 0 Å². The van der Waals surface area contributed by atoms with Crippen LogP contribution in [0.3, 0.4) is 0 Å². The first-order chi connectivity index (χ1) is 10.7. The lowest BCUT2D eigenvalue weighted by Crippen LogP contribution is -2.02. The lowest BCUT2D eigenvalue weighted by molar-refractivity contribution is 0.888. The molecule has 1 aromatic heterocycles. The molecule has 0 aliphatic rings. The Morgan fingerprint density at radius 1 is 0.909 bits per heavy atom. The second kappa shape index (κ2) is 6.39. The molecule has 0 saturated heterocycles. The summed E-state index contributed by atoms with van der Waals surface area (Å²) in [5.74, 6) is 0.701. The number of hydrogen-bond donors (Lipinski definition) is 1. The van der Waals surface area contributed by atoms with E-state index in [4.69, 9.17) is 10.7 Å². The Kier molecular flexibility index (Phi) is 4.15. The van der Waals surface area contributed by atoms with Crippen molar-refractivity contribution in [1.82, 2.24) is 9.97 Å². The van der Waals surface area contributed by atoms with Crippen molar-refractivity contribution in [2.45, 2.75) is 19.8 Å². The lowest BCUT2D eigenvalue weighted by Gasteiger charge is -2.09. The van der Waals surface area contributed by atoms with Crippen molar-refractivity contribution in [2.24, 2.45) is 0 Å². The molecule has 0 radical (unpaired) electrons. The van der Waals surface area contributed by atoms with Gasteiger partial charge in [-0.3, -0.25) is 0 Å². The second-order valence-electron chi connectivity index (χ2n) is 5.40. The summed E-state index contributed by atoms with van der Waals surface area (Å²) in [4.78, 5) is 9.16. The SMILES string of the molecule is Cc1cnc(-c2ccccc2N)nc1CCc1ccccc1. The maximum absolute atomic E-state index is 6.03. The molecular weight excluding hydrogens is 270 g/mol. The average molecular weight is 289 g/mol. The first-order valence-corrected chi connectivity index (χ1v) is 7.45. The smallest absolute Gasteiger partial charge is 0.161 e. The minimum absolute atomic E-state index is 0.701. The van der Waals surface area contributed by atoms with Gasteiger partial charge >= 0.3 is 0 Å². The van der Waals surface area contributed by atoms with Gasteiger partial charge in [-0.15, -0.1) is 0 Å². The van der Waals surface area contributed by atoms with E-state index in [1.807, 2.05) is 36.5 Å². The third-order valence-corrected chi connectivity index (χ3v) is 3.77. The van der Waals surface area contributed by atoms with Crippen LogP contribution in [0.25, 0.3) is 11.4 Å². The van der Waals surface area contributed by atoms with Gasteiger partial charge in [0.15, 0.2) is 5.82 Å². The van der Waals surface area contributed by atoms with Gasteiger partial charge in [-0.05, 0) is 43.0 Å². The number of para-hydroxylation sites is 1. The predicted molar refractivity (Wildman–Crippen MR) is 90.5 cm³/mol. The number of nitrogen functional groups attached to an aromatic ring is 1. The summed E-state index contributed by atoms with van der Waals surface area (Å²) in [6.07, 6.45) is 3.76. The zero-order valence-corrected chi connectivity index (χ0v) is 12.7. The molecular formula is C19H19N3. The number of nitrogens with two attached hydrogens (primary N) is 1. The molecule has 2 aromatic carbocycles. The molecule has 0 aliphatic heterocycles. The molecule has 1 heterocycles. The van der Waals surface area contributed by atoms with Crippen LogP contribution in [-0.4, -0.2) is 9.97 Å². The van der Waals surface area contributed by atoms with Crippen LogP contribution < -0.4 is 5.73 Å². The molecule has 0 amide bonds. The Balaban J connectivity index is 1.86. The third kappa shape index (κ3) is 3.14. The van der Waals surface area contributed by atoms with Crippen molar-refractivity contribution >= 4 is 5.69 Å². The van der Waals surface area contributed by atoms with Gasteiger partial charge in [-0.2, -0.15) is 0 Å². The van der Waals surface area contributed by atoms with Gasteiger partial charge in [0, 0.05) is 23.1 Å². The van der Waals surface area contributed by atoms with E-state index in [0.29, 0.717) is 11.5 Å². The van der Waals surface area contributed by atoms with E-state index in [9.17, 15) is 0 Å². The predicted octanol–water partition coefficient (Wildman–Crippen LogP) is 3.82. The Morgan fingerprint density at radius 2 is 1.64 bits per heavy atom. The number of benzene rings is 2. The van der Waals surface area contributed by atoms with Crippen LogP contribution >= 0.6 is 0 Å². The number of aryl methyl sites for hydroxylation is 3. The fourth-order valence-electron chi connectivity index (χ4n) is 2.47. The Labute approximate surface area is 130 Å². The molecule has 110 valence electrons. The average Bonchev–Trinajstić information content (AvgIpc) is 2.56. The number of aromatic nitrogens is 2. The van der Waals surface area contributed by atoms with Gasteiger partial charge in [0.1, 0.15) is 0 Å². The third-order valence-electron chi connectivity index (χ3n) is 3.77. The van der Waals surface area contributed by atoms with E-state index >= 15 is 0 Å².